The number of pyridine rings is 1. The van der Waals surface area contributed by atoms with E-state index in [0.29, 0.717) is 17.6 Å². The first-order chi connectivity index (χ1) is 19.3. The van der Waals surface area contributed by atoms with Gasteiger partial charge in [0, 0.05) is 30.1 Å². The lowest BCUT2D eigenvalue weighted by Gasteiger charge is -2.41. The number of esters is 1. The molecule has 4 rings (SSSR count). The number of carbonyl (C=O) groups excluding carboxylic acids is 2. The van der Waals surface area contributed by atoms with Crippen LogP contribution in [-0.2, 0) is 24.5 Å². The summed E-state index contributed by atoms with van der Waals surface area (Å²) in [6.45, 7) is 7.02. The van der Waals surface area contributed by atoms with Crippen LogP contribution < -0.4 is 10.2 Å². The van der Waals surface area contributed by atoms with Crippen LogP contribution in [0.4, 0.5) is 14.9 Å². The Morgan fingerprint density at radius 2 is 1.93 bits per heavy atom. The molecule has 3 heterocycles. The normalized spacial score (nSPS) is 19.3. The molecule has 0 spiro atoms. The molecule has 2 aliphatic heterocycles. The third-order valence-corrected chi connectivity index (χ3v) is 9.00. The number of likely N-dealkylation sites (tertiary alicyclic amines) is 2. The second kappa shape index (κ2) is 12.4. The van der Waals surface area contributed by atoms with Gasteiger partial charge in [-0.25, -0.2) is 14.2 Å². The van der Waals surface area contributed by atoms with E-state index >= 15 is 4.39 Å². The number of ether oxygens (including phenoxy) is 3. The Hall–Kier alpha value is -2.41. The second-order valence-corrected chi connectivity index (χ2v) is 12.7. The van der Waals surface area contributed by atoms with Crippen LogP contribution in [0.15, 0.2) is 10.5 Å². The van der Waals surface area contributed by atoms with Gasteiger partial charge in [-0.3, -0.25) is 15.1 Å². The number of amides is 1. The number of hydrogen-bond acceptors (Lipinski definition) is 9. The Balaban J connectivity index is 1.88. The largest absolute Gasteiger partial charge is 0.474 e. The van der Waals surface area contributed by atoms with E-state index in [2.05, 4.69) is 31.3 Å². The summed E-state index contributed by atoms with van der Waals surface area (Å²) in [7, 11) is 4.75. The Morgan fingerprint density at radius 1 is 1.24 bits per heavy atom. The van der Waals surface area contributed by atoms with Gasteiger partial charge in [0.15, 0.2) is 5.82 Å². The summed E-state index contributed by atoms with van der Waals surface area (Å²) >= 11 is 9.65. The number of benzene rings is 1. The molecular weight excluding hydrogens is 623 g/mol. The van der Waals surface area contributed by atoms with E-state index in [0.717, 1.165) is 19.4 Å². The maximum Gasteiger partial charge on any atom is 0.410 e. The minimum Gasteiger partial charge on any atom is -0.474 e. The zero-order valence-corrected chi connectivity index (χ0v) is 26.6. The van der Waals surface area contributed by atoms with Crippen LogP contribution in [0, 0.1) is 5.82 Å². The van der Waals surface area contributed by atoms with Crippen LogP contribution >= 0.6 is 27.5 Å². The van der Waals surface area contributed by atoms with Gasteiger partial charge in [-0.2, -0.15) is 0 Å². The highest BCUT2D eigenvalue weighted by molar-refractivity contribution is 9.10. The summed E-state index contributed by atoms with van der Waals surface area (Å²) in [4.78, 5) is 40.2. The molecule has 1 N–H and O–H groups in total. The number of carbonyl (C=O) groups is 2. The number of methoxy groups -OCH3 is 1. The van der Waals surface area contributed by atoms with Crippen molar-refractivity contribution in [3.05, 3.63) is 26.9 Å². The minimum absolute atomic E-state index is 0.0226. The van der Waals surface area contributed by atoms with Gasteiger partial charge in [0.25, 0.3) is 0 Å². The molecule has 2 saturated heterocycles. The Labute approximate surface area is 252 Å². The lowest BCUT2D eigenvalue weighted by atomic mass is 9.71. The number of hydrogen-bond donors (Lipinski definition) is 1. The van der Waals surface area contributed by atoms with E-state index in [1.165, 1.54) is 14.2 Å². The average molecular weight is 660 g/mol. The van der Waals surface area contributed by atoms with E-state index in [9.17, 15) is 9.59 Å². The van der Waals surface area contributed by atoms with Gasteiger partial charge in [0.05, 0.1) is 29.1 Å². The van der Waals surface area contributed by atoms with Crippen molar-refractivity contribution in [2.75, 3.05) is 53.0 Å². The highest BCUT2D eigenvalue weighted by Crippen LogP contribution is 2.49. The predicted octanol–water partition coefficient (Wildman–Crippen LogP) is 5.68. The summed E-state index contributed by atoms with van der Waals surface area (Å²) in [5.41, 5.74) is 1.49. The summed E-state index contributed by atoms with van der Waals surface area (Å²) in [5, 5.41) is 0.408. The zero-order valence-electron chi connectivity index (χ0n) is 24.2. The van der Waals surface area contributed by atoms with Crippen molar-refractivity contribution in [1.82, 2.24) is 14.8 Å². The van der Waals surface area contributed by atoms with Gasteiger partial charge in [-0.15, -0.1) is 0 Å². The maximum absolute atomic E-state index is 15.7. The fourth-order valence-electron chi connectivity index (χ4n) is 5.60. The summed E-state index contributed by atoms with van der Waals surface area (Å²) in [6.07, 6.45) is 1.84. The monoisotopic (exact) mass is 658 g/mol. The molecular formula is C28H37BrClFN4O6. The Bertz CT molecular complexity index is 1320. The number of aromatic nitrogens is 1. The van der Waals surface area contributed by atoms with Crippen molar-refractivity contribution in [3.8, 4) is 5.88 Å². The molecule has 13 heteroatoms. The lowest BCUT2D eigenvalue weighted by molar-refractivity contribution is -0.149. The number of nitrogens with one attached hydrogen (secondary N) is 1. The van der Waals surface area contributed by atoms with Crippen molar-refractivity contribution in [2.24, 2.45) is 0 Å². The fourth-order valence-corrected chi connectivity index (χ4v) is 6.09. The van der Waals surface area contributed by atoms with Crippen molar-refractivity contribution >= 4 is 56.2 Å². The standard InChI is InChI=1S/C28H37BrClFN4O6/c1-27(2,3)41-26(37)35-12-9-28(10-13-35,25(36)38-5)19-17-14-18(30)20(29)21(31)22(17)32-24(23(19)33-39-6)40-15-16-8-7-11-34(16)4/h14,16,33H,7-13,15H2,1-6H3. The van der Waals surface area contributed by atoms with Crippen molar-refractivity contribution in [3.63, 3.8) is 0 Å². The SMILES string of the molecule is CONc1c(OCC2CCCN2C)nc2c(F)c(Br)c(Cl)cc2c1C1(C(=O)OC)CCN(C(=O)OC(C)(C)C)CC1. The van der Waals surface area contributed by atoms with E-state index < -0.39 is 28.9 Å². The number of halogens is 3. The van der Waals surface area contributed by atoms with Gasteiger partial charge < -0.3 is 24.0 Å². The molecule has 0 aliphatic carbocycles. The predicted molar refractivity (Wildman–Crippen MR) is 157 cm³/mol. The highest BCUT2D eigenvalue weighted by Gasteiger charge is 2.49. The molecule has 10 nitrogen and oxygen atoms in total. The third kappa shape index (κ3) is 6.35. The zero-order chi connectivity index (χ0) is 30.1. The average Bonchev–Trinajstić information content (AvgIpc) is 3.34. The van der Waals surface area contributed by atoms with E-state index in [-0.39, 0.29) is 58.6 Å². The molecule has 1 amide bonds. The van der Waals surface area contributed by atoms with E-state index in [1.54, 1.807) is 31.7 Å². The molecule has 0 bridgehead atoms. The second-order valence-electron chi connectivity index (χ2n) is 11.5. The Morgan fingerprint density at radius 3 is 2.49 bits per heavy atom. The van der Waals surface area contributed by atoms with Crippen LogP contribution in [0.3, 0.4) is 0 Å². The number of piperidine rings is 1. The topological polar surface area (TPSA) is 102 Å². The quantitative estimate of drug-likeness (QED) is 0.229. The molecule has 1 atom stereocenters. The number of fused-ring (bicyclic) bond motifs is 1. The van der Waals surface area contributed by atoms with Crippen LogP contribution in [0.1, 0.15) is 52.0 Å². The Kier molecular flexibility index (Phi) is 9.57. The van der Waals surface area contributed by atoms with Crippen LogP contribution in [0.25, 0.3) is 10.9 Å². The lowest BCUT2D eigenvalue weighted by Crippen LogP contribution is -2.50. The van der Waals surface area contributed by atoms with Gasteiger partial charge in [0.2, 0.25) is 5.88 Å². The van der Waals surface area contributed by atoms with Crippen molar-refractivity contribution in [1.29, 1.82) is 0 Å². The number of anilines is 1. The summed E-state index contributed by atoms with van der Waals surface area (Å²) in [6, 6.07) is 1.71. The maximum atomic E-state index is 15.7. The molecule has 41 heavy (non-hydrogen) atoms. The number of nitrogens with zero attached hydrogens (tertiary/aromatic N) is 3. The molecule has 1 aromatic heterocycles. The molecule has 2 fully saturated rings. The minimum atomic E-state index is -1.32. The van der Waals surface area contributed by atoms with Crippen LogP contribution in [0.2, 0.25) is 5.02 Å². The molecule has 2 aromatic rings. The first-order valence-corrected chi connectivity index (χ1v) is 14.7. The van der Waals surface area contributed by atoms with Crippen molar-refractivity contribution in [2.45, 2.75) is 63.5 Å². The van der Waals surface area contributed by atoms with Crippen LogP contribution in [0.5, 0.6) is 5.88 Å². The summed E-state index contributed by atoms with van der Waals surface area (Å²) < 4.78 is 32.9. The molecule has 1 unspecified atom stereocenters. The molecule has 2 aliphatic rings. The first-order valence-electron chi connectivity index (χ1n) is 13.5. The van der Waals surface area contributed by atoms with Gasteiger partial charge in [-0.1, -0.05) is 11.6 Å². The number of likely N-dealkylation sites (N-methyl/N-ethyl adjacent to an activating group) is 1. The van der Waals surface area contributed by atoms with Crippen LogP contribution in [-0.4, -0.2) is 86.0 Å². The molecule has 0 radical (unpaired) electrons. The third-order valence-electron chi connectivity index (χ3n) is 7.69. The molecule has 0 saturated carbocycles. The molecule has 1 aromatic carbocycles. The van der Waals surface area contributed by atoms with E-state index in [1.807, 2.05) is 7.05 Å². The first kappa shape index (κ1) is 31.5. The van der Waals surface area contributed by atoms with Gasteiger partial charge in [0.1, 0.15) is 23.4 Å². The van der Waals surface area contributed by atoms with E-state index in [4.69, 9.17) is 30.6 Å². The molecule has 226 valence electrons. The smallest absolute Gasteiger partial charge is 0.410 e. The number of rotatable bonds is 7. The van der Waals surface area contributed by atoms with Crippen molar-refractivity contribution < 1.29 is 33.0 Å². The summed E-state index contributed by atoms with van der Waals surface area (Å²) in [5.74, 6) is -1.15. The van der Waals surface area contributed by atoms with Gasteiger partial charge >= 0.3 is 12.1 Å². The fraction of sp³-hybridized carbons (Fsp3) is 0.607. The highest BCUT2D eigenvalue weighted by atomic mass is 79.9. The van der Waals surface area contributed by atoms with Gasteiger partial charge in [-0.05, 0) is 82.0 Å².